The first-order valence-electron chi connectivity index (χ1n) is 12.1. The number of rotatable bonds is 7. The second-order valence-corrected chi connectivity index (χ2v) is 10.4. The summed E-state index contributed by atoms with van der Waals surface area (Å²) in [6, 6.07) is 21.3. The van der Waals surface area contributed by atoms with Crippen LogP contribution < -0.4 is 15.5 Å². The number of nitrogens with zero attached hydrogens (tertiary/aromatic N) is 2. The number of ether oxygens (including phenoxy) is 1. The van der Waals surface area contributed by atoms with E-state index in [1.54, 1.807) is 6.20 Å². The Kier molecular flexibility index (Phi) is 7.60. The third kappa shape index (κ3) is 5.22. The van der Waals surface area contributed by atoms with Crippen LogP contribution in [-0.4, -0.2) is 29.7 Å². The van der Waals surface area contributed by atoms with Crippen LogP contribution in [0.2, 0.25) is 0 Å². The summed E-state index contributed by atoms with van der Waals surface area (Å²) in [4.78, 5) is 18.7. The lowest BCUT2D eigenvalue weighted by atomic mass is 10.0. The minimum absolute atomic E-state index is 0.00687. The normalized spacial score (nSPS) is 16.9. The Bertz CT molecular complexity index is 1490. The molecule has 1 aliphatic heterocycles. The first kappa shape index (κ1) is 26.1. The van der Waals surface area contributed by atoms with Crippen LogP contribution in [0.4, 0.5) is 11.4 Å². The highest BCUT2D eigenvalue weighted by molar-refractivity contribution is 9.10. The topological polar surface area (TPSA) is 79.6 Å². The Hall–Kier alpha value is -3.53. The van der Waals surface area contributed by atoms with Crippen molar-refractivity contribution in [1.29, 1.82) is 0 Å². The van der Waals surface area contributed by atoms with E-state index >= 15 is 0 Å². The van der Waals surface area contributed by atoms with Crippen molar-refractivity contribution in [1.82, 2.24) is 10.3 Å². The number of carbonyl (C=O) groups is 1. The standard InChI is InChI=1S/C29H27BrN4O3S/c1-17-7-9-20(21(30)14-17)24-11-12-25(37-24)28-27(23-6-4-5-13-31-23)33-29(38)34(28)19-8-10-22(18(2)15-19)32-26(35)16-36-3/h4-15,27-28H,16H2,1-3H3,(H,32,35)(H,33,38)/t27-,28+/m0/s1. The second-order valence-electron chi connectivity index (χ2n) is 9.16. The quantitative estimate of drug-likeness (QED) is 0.238. The molecule has 0 unspecified atom stereocenters. The van der Waals surface area contributed by atoms with Gasteiger partial charge in [0.1, 0.15) is 24.2 Å². The number of carbonyl (C=O) groups excluding carboxylic acids is 1. The Labute approximate surface area is 235 Å². The van der Waals surface area contributed by atoms with Crippen LogP contribution in [-0.2, 0) is 9.53 Å². The number of hydrogen-bond acceptors (Lipinski definition) is 5. The highest BCUT2D eigenvalue weighted by atomic mass is 79.9. The molecule has 1 aliphatic rings. The van der Waals surface area contributed by atoms with Crippen LogP contribution in [0.1, 0.15) is 34.7 Å². The number of hydrogen-bond donors (Lipinski definition) is 2. The zero-order valence-corrected chi connectivity index (χ0v) is 23.6. The van der Waals surface area contributed by atoms with Gasteiger partial charge < -0.3 is 24.7 Å². The van der Waals surface area contributed by atoms with Crippen molar-refractivity contribution in [3.05, 3.63) is 100.0 Å². The lowest BCUT2D eigenvalue weighted by Gasteiger charge is -2.27. The molecular weight excluding hydrogens is 564 g/mol. The number of aryl methyl sites for hydroxylation is 2. The fourth-order valence-corrected chi connectivity index (χ4v) is 5.69. The molecule has 1 fully saturated rings. The maximum atomic E-state index is 12.1. The molecule has 38 heavy (non-hydrogen) atoms. The Balaban J connectivity index is 1.55. The smallest absolute Gasteiger partial charge is 0.250 e. The van der Waals surface area contributed by atoms with Crippen molar-refractivity contribution >= 4 is 50.5 Å². The van der Waals surface area contributed by atoms with E-state index in [1.807, 2.05) is 61.5 Å². The van der Waals surface area contributed by atoms with Gasteiger partial charge >= 0.3 is 0 Å². The zero-order chi connectivity index (χ0) is 26.8. The third-order valence-corrected chi connectivity index (χ3v) is 7.41. The Morgan fingerprint density at radius 3 is 2.71 bits per heavy atom. The summed E-state index contributed by atoms with van der Waals surface area (Å²) in [5.74, 6) is 1.31. The van der Waals surface area contributed by atoms with Gasteiger partial charge in [-0.1, -0.05) is 28.1 Å². The van der Waals surface area contributed by atoms with Gasteiger partial charge in [0.2, 0.25) is 5.91 Å². The van der Waals surface area contributed by atoms with Crippen LogP contribution in [0.5, 0.6) is 0 Å². The van der Waals surface area contributed by atoms with Crippen molar-refractivity contribution in [2.24, 2.45) is 0 Å². The maximum absolute atomic E-state index is 12.1. The number of pyridine rings is 1. The molecule has 4 aromatic rings. The van der Waals surface area contributed by atoms with Crippen LogP contribution in [0.25, 0.3) is 11.3 Å². The molecule has 3 heterocycles. The predicted octanol–water partition coefficient (Wildman–Crippen LogP) is 6.48. The summed E-state index contributed by atoms with van der Waals surface area (Å²) in [6.07, 6.45) is 1.78. The average molecular weight is 592 g/mol. The van der Waals surface area contributed by atoms with E-state index < -0.39 is 0 Å². The zero-order valence-electron chi connectivity index (χ0n) is 21.2. The summed E-state index contributed by atoms with van der Waals surface area (Å²) >= 11 is 9.52. The monoisotopic (exact) mass is 590 g/mol. The number of amides is 1. The highest BCUT2D eigenvalue weighted by Crippen LogP contribution is 2.44. The molecular formula is C29H27BrN4O3S. The molecule has 7 nitrogen and oxygen atoms in total. The Morgan fingerprint density at radius 1 is 1.16 bits per heavy atom. The largest absolute Gasteiger partial charge is 0.459 e. The number of furan rings is 1. The van der Waals surface area contributed by atoms with Crippen molar-refractivity contribution in [3.8, 4) is 11.3 Å². The van der Waals surface area contributed by atoms with Crippen LogP contribution in [0.3, 0.4) is 0 Å². The van der Waals surface area contributed by atoms with E-state index in [1.165, 1.54) is 7.11 Å². The molecule has 0 aliphatic carbocycles. The lowest BCUT2D eigenvalue weighted by Crippen LogP contribution is -2.29. The van der Waals surface area contributed by atoms with Gasteiger partial charge in [0.25, 0.3) is 0 Å². The molecule has 2 atom stereocenters. The second kappa shape index (κ2) is 11.1. The molecule has 0 bridgehead atoms. The van der Waals surface area contributed by atoms with Gasteiger partial charge in [0.05, 0.1) is 11.7 Å². The molecule has 2 N–H and O–H groups in total. The average Bonchev–Trinajstić information content (AvgIpc) is 3.50. The number of methoxy groups -OCH3 is 1. The van der Waals surface area contributed by atoms with Gasteiger partial charge in [-0.25, -0.2) is 0 Å². The fraction of sp³-hybridized carbons (Fsp3) is 0.207. The van der Waals surface area contributed by atoms with Crippen molar-refractivity contribution in [3.63, 3.8) is 0 Å². The van der Waals surface area contributed by atoms with Crippen LogP contribution in [0, 0.1) is 13.8 Å². The number of anilines is 2. The number of nitrogens with one attached hydrogen (secondary N) is 2. The van der Waals surface area contributed by atoms with Crippen molar-refractivity contribution in [2.75, 3.05) is 23.9 Å². The molecule has 2 aromatic heterocycles. The molecule has 0 saturated carbocycles. The first-order valence-corrected chi connectivity index (χ1v) is 13.3. The molecule has 2 aromatic carbocycles. The number of halogens is 1. The number of aromatic nitrogens is 1. The molecule has 0 spiro atoms. The van der Waals surface area contributed by atoms with Crippen LogP contribution in [0.15, 0.2) is 81.8 Å². The SMILES string of the molecule is COCC(=O)Nc1ccc(N2C(=S)N[C@@H](c3ccccn3)[C@H]2c2ccc(-c3ccc(C)cc3Br)o2)cc1C. The summed E-state index contributed by atoms with van der Waals surface area (Å²) < 4.78 is 12.4. The van der Waals surface area contributed by atoms with E-state index in [-0.39, 0.29) is 24.6 Å². The fourth-order valence-electron chi connectivity index (χ4n) is 4.65. The van der Waals surface area contributed by atoms with E-state index in [0.717, 1.165) is 49.8 Å². The first-order chi connectivity index (χ1) is 18.4. The molecule has 9 heteroatoms. The highest BCUT2D eigenvalue weighted by Gasteiger charge is 2.42. The van der Waals surface area contributed by atoms with Gasteiger partial charge in [0.15, 0.2) is 5.11 Å². The molecule has 0 radical (unpaired) electrons. The van der Waals surface area contributed by atoms with Crippen LogP contribution >= 0.6 is 28.1 Å². The van der Waals surface area contributed by atoms with Crippen molar-refractivity contribution < 1.29 is 13.9 Å². The van der Waals surface area contributed by atoms with Gasteiger partial charge in [-0.3, -0.25) is 9.78 Å². The molecule has 1 saturated heterocycles. The summed E-state index contributed by atoms with van der Waals surface area (Å²) in [6.45, 7) is 4.00. The third-order valence-electron chi connectivity index (χ3n) is 6.44. The summed E-state index contributed by atoms with van der Waals surface area (Å²) in [7, 11) is 1.49. The minimum atomic E-state index is -0.288. The van der Waals surface area contributed by atoms with Gasteiger partial charge in [-0.2, -0.15) is 0 Å². The van der Waals surface area contributed by atoms with E-state index in [4.69, 9.17) is 21.4 Å². The summed E-state index contributed by atoms with van der Waals surface area (Å²) in [5, 5.41) is 6.91. The van der Waals surface area contributed by atoms with Gasteiger partial charge in [0, 0.05) is 34.7 Å². The van der Waals surface area contributed by atoms with E-state index in [2.05, 4.69) is 55.5 Å². The maximum Gasteiger partial charge on any atom is 0.250 e. The Morgan fingerprint density at radius 2 is 2.00 bits per heavy atom. The number of thiocarbonyl (C=S) groups is 1. The van der Waals surface area contributed by atoms with E-state index in [0.29, 0.717) is 5.11 Å². The molecule has 5 rings (SSSR count). The summed E-state index contributed by atoms with van der Waals surface area (Å²) in [5.41, 5.74) is 5.49. The van der Waals surface area contributed by atoms with Crippen molar-refractivity contribution in [2.45, 2.75) is 25.9 Å². The van der Waals surface area contributed by atoms with Gasteiger partial charge in [-0.05, 0) is 91.8 Å². The lowest BCUT2D eigenvalue weighted by molar-refractivity contribution is -0.119. The minimum Gasteiger partial charge on any atom is -0.459 e. The van der Waals surface area contributed by atoms with Gasteiger partial charge in [-0.15, -0.1) is 0 Å². The number of benzene rings is 2. The molecule has 1 amide bonds. The molecule has 194 valence electrons. The predicted molar refractivity (Wildman–Crippen MR) is 156 cm³/mol. The van der Waals surface area contributed by atoms with E-state index in [9.17, 15) is 4.79 Å².